The Kier molecular flexibility index (Phi) is 6.89. The van der Waals surface area contributed by atoms with E-state index in [1.165, 1.54) is 4.31 Å². The Bertz CT molecular complexity index is 919. The summed E-state index contributed by atoms with van der Waals surface area (Å²) >= 11 is 0. The zero-order valence-electron chi connectivity index (χ0n) is 16.8. The SMILES string of the molecule is CN(C)c1ccc(NC(=O)CCc2ccc(S(=O)(=O)N3CCOCC3)cc2)cc1. The first-order valence-electron chi connectivity index (χ1n) is 9.60. The van der Waals surface area contributed by atoms with Gasteiger partial charge in [-0.3, -0.25) is 4.79 Å². The molecule has 0 aliphatic carbocycles. The Labute approximate surface area is 172 Å². The number of nitrogens with zero attached hydrogens (tertiary/aromatic N) is 2. The van der Waals surface area contributed by atoms with Crippen molar-refractivity contribution in [1.82, 2.24) is 4.31 Å². The van der Waals surface area contributed by atoms with E-state index in [1.807, 2.05) is 43.3 Å². The topological polar surface area (TPSA) is 79.0 Å². The minimum Gasteiger partial charge on any atom is -0.379 e. The van der Waals surface area contributed by atoms with Crippen LogP contribution in [0.15, 0.2) is 53.4 Å². The summed E-state index contributed by atoms with van der Waals surface area (Å²) in [7, 11) is 0.437. The first-order chi connectivity index (χ1) is 13.9. The summed E-state index contributed by atoms with van der Waals surface area (Å²) in [5.41, 5.74) is 2.74. The van der Waals surface area contributed by atoms with Crippen LogP contribution >= 0.6 is 0 Å². The quantitative estimate of drug-likeness (QED) is 0.748. The summed E-state index contributed by atoms with van der Waals surface area (Å²) in [6.45, 7) is 1.59. The van der Waals surface area contributed by atoms with Gasteiger partial charge in [-0.25, -0.2) is 8.42 Å². The lowest BCUT2D eigenvalue weighted by Crippen LogP contribution is -2.40. The number of ether oxygens (including phenoxy) is 1. The number of amides is 1. The molecule has 1 aliphatic heterocycles. The summed E-state index contributed by atoms with van der Waals surface area (Å²) in [6, 6.07) is 14.4. The Hall–Kier alpha value is -2.42. The number of nitrogens with one attached hydrogen (secondary N) is 1. The lowest BCUT2D eigenvalue weighted by Gasteiger charge is -2.26. The molecule has 0 spiro atoms. The Morgan fingerprint density at radius 1 is 1.03 bits per heavy atom. The molecule has 7 nitrogen and oxygen atoms in total. The van der Waals surface area contributed by atoms with Crippen LogP contribution in [0.25, 0.3) is 0 Å². The van der Waals surface area contributed by atoms with Gasteiger partial charge in [0.1, 0.15) is 0 Å². The van der Waals surface area contributed by atoms with Gasteiger partial charge >= 0.3 is 0 Å². The second-order valence-electron chi connectivity index (χ2n) is 7.15. The van der Waals surface area contributed by atoms with Crippen molar-refractivity contribution in [2.45, 2.75) is 17.7 Å². The average molecular weight is 418 g/mol. The summed E-state index contributed by atoms with van der Waals surface area (Å²) < 4.78 is 31.9. The van der Waals surface area contributed by atoms with Gasteiger partial charge in [0.2, 0.25) is 15.9 Å². The molecule has 1 amide bonds. The summed E-state index contributed by atoms with van der Waals surface area (Å²) in [5.74, 6) is -0.0763. The van der Waals surface area contributed by atoms with Crippen LogP contribution in [0.4, 0.5) is 11.4 Å². The van der Waals surface area contributed by atoms with E-state index in [0.29, 0.717) is 39.1 Å². The number of rotatable bonds is 7. The molecule has 0 atom stereocenters. The van der Waals surface area contributed by atoms with Gasteiger partial charge in [0.25, 0.3) is 0 Å². The van der Waals surface area contributed by atoms with Gasteiger partial charge in [-0.1, -0.05) is 12.1 Å². The van der Waals surface area contributed by atoms with Crippen LogP contribution in [0, 0.1) is 0 Å². The van der Waals surface area contributed by atoms with Crippen LogP contribution in [-0.4, -0.2) is 59.0 Å². The molecule has 3 rings (SSSR count). The minimum atomic E-state index is -3.49. The highest BCUT2D eigenvalue weighted by atomic mass is 32.2. The average Bonchev–Trinajstić information content (AvgIpc) is 2.73. The Morgan fingerprint density at radius 2 is 1.66 bits per heavy atom. The van der Waals surface area contributed by atoms with Crippen LogP contribution in [0.1, 0.15) is 12.0 Å². The van der Waals surface area contributed by atoms with Crippen molar-refractivity contribution >= 4 is 27.3 Å². The third-order valence-corrected chi connectivity index (χ3v) is 6.75. The molecular formula is C21H27N3O4S. The summed E-state index contributed by atoms with van der Waals surface area (Å²) in [5, 5.41) is 2.89. The van der Waals surface area contributed by atoms with Crippen LogP contribution < -0.4 is 10.2 Å². The van der Waals surface area contributed by atoms with Crippen LogP contribution in [-0.2, 0) is 26.0 Å². The molecule has 156 valence electrons. The molecule has 1 heterocycles. The molecule has 8 heteroatoms. The maximum Gasteiger partial charge on any atom is 0.243 e. The first-order valence-corrected chi connectivity index (χ1v) is 11.0. The van der Waals surface area contributed by atoms with E-state index in [-0.39, 0.29) is 10.8 Å². The van der Waals surface area contributed by atoms with Crippen LogP contribution in [0.3, 0.4) is 0 Å². The Morgan fingerprint density at radius 3 is 2.24 bits per heavy atom. The van der Waals surface area contributed by atoms with Crippen LogP contribution in [0.2, 0.25) is 0 Å². The second-order valence-corrected chi connectivity index (χ2v) is 9.09. The fraction of sp³-hybridized carbons (Fsp3) is 0.381. The van der Waals surface area contributed by atoms with E-state index < -0.39 is 10.0 Å². The molecule has 2 aromatic rings. The molecule has 29 heavy (non-hydrogen) atoms. The van der Waals surface area contributed by atoms with E-state index >= 15 is 0 Å². The van der Waals surface area contributed by atoms with Crippen LogP contribution in [0.5, 0.6) is 0 Å². The number of carbonyl (C=O) groups excluding carboxylic acids is 1. The number of benzene rings is 2. The first kappa shape index (κ1) is 21.3. The minimum absolute atomic E-state index is 0.0763. The molecule has 1 fully saturated rings. The molecule has 2 aromatic carbocycles. The van der Waals surface area contributed by atoms with Gasteiger partial charge < -0.3 is 15.0 Å². The predicted molar refractivity (Wildman–Crippen MR) is 114 cm³/mol. The van der Waals surface area contributed by atoms with Crippen molar-refractivity contribution in [1.29, 1.82) is 0 Å². The van der Waals surface area contributed by atoms with Gasteiger partial charge in [-0.2, -0.15) is 4.31 Å². The monoisotopic (exact) mass is 417 g/mol. The molecule has 1 aliphatic rings. The highest BCUT2D eigenvalue weighted by molar-refractivity contribution is 7.89. The molecule has 0 bridgehead atoms. The zero-order valence-corrected chi connectivity index (χ0v) is 17.6. The van der Waals surface area contributed by atoms with Crippen molar-refractivity contribution < 1.29 is 17.9 Å². The third kappa shape index (κ3) is 5.56. The van der Waals surface area contributed by atoms with Crippen molar-refractivity contribution in [3.05, 3.63) is 54.1 Å². The number of carbonyl (C=O) groups is 1. The molecule has 1 N–H and O–H groups in total. The van der Waals surface area contributed by atoms with Gasteiger partial charge in [-0.05, 0) is 48.4 Å². The van der Waals surface area contributed by atoms with Gasteiger partial charge in [-0.15, -0.1) is 0 Å². The fourth-order valence-corrected chi connectivity index (χ4v) is 4.50. The van der Waals surface area contributed by atoms with E-state index in [9.17, 15) is 13.2 Å². The van der Waals surface area contributed by atoms with Gasteiger partial charge in [0.05, 0.1) is 18.1 Å². The standard InChI is InChI=1S/C21H27N3O4S/c1-23(2)19-8-6-18(7-9-19)22-21(25)12-5-17-3-10-20(11-4-17)29(26,27)24-13-15-28-16-14-24/h3-4,6-11H,5,12-16H2,1-2H3,(H,22,25). The number of hydrogen-bond acceptors (Lipinski definition) is 5. The van der Waals surface area contributed by atoms with Crippen molar-refractivity contribution in [2.24, 2.45) is 0 Å². The lowest BCUT2D eigenvalue weighted by molar-refractivity contribution is -0.116. The highest BCUT2D eigenvalue weighted by Crippen LogP contribution is 2.19. The smallest absolute Gasteiger partial charge is 0.243 e. The molecule has 1 saturated heterocycles. The largest absolute Gasteiger partial charge is 0.379 e. The molecular weight excluding hydrogens is 390 g/mol. The maximum absolute atomic E-state index is 12.6. The number of sulfonamides is 1. The Balaban J connectivity index is 1.53. The fourth-order valence-electron chi connectivity index (χ4n) is 3.09. The van der Waals surface area contributed by atoms with Crippen molar-refractivity contribution in [2.75, 3.05) is 50.6 Å². The number of morpholine rings is 1. The van der Waals surface area contributed by atoms with Crippen molar-refractivity contribution in [3.8, 4) is 0 Å². The summed E-state index contributed by atoms with van der Waals surface area (Å²) in [4.78, 5) is 14.5. The number of aryl methyl sites for hydroxylation is 1. The molecule has 0 saturated carbocycles. The normalized spacial score (nSPS) is 15.1. The van der Waals surface area contributed by atoms with E-state index in [4.69, 9.17) is 4.74 Å². The molecule has 0 radical (unpaired) electrons. The highest BCUT2D eigenvalue weighted by Gasteiger charge is 2.26. The molecule has 0 aromatic heterocycles. The number of anilines is 2. The van der Waals surface area contributed by atoms with Gasteiger partial charge in [0.15, 0.2) is 0 Å². The lowest BCUT2D eigenvalue weighted by atomic mass is 10.1. The second kappa shape index (κ2) is 9.39. The third-order valence-electron chi connectivity index (χ3n) is 4.84. The molecule has 0 unspecified atom stereocenters. The van der Waals surface area contributed by atoms with Crippen molar-refractivity contribution in [3.63, 3.8) is 0 Å². The maximum atomic E-state index is 12.6. The number of hydrogen-bond donors (Lipinski definition) is 1. The van der Waals surface area contributed by atoms with E-state index in [2.05, 4.69) is 5.32 Å². The van der Waals surface area contributed by atoms with Gasteiger partial charge in [0, 0.05) is 45.0 Å². The van der Waals surface area contributed by atoms with E-state index in [0.717, 1.165) is 16.9 Å². The van der Waals surface area contributed by atoms with E-state index in [1.54, 1.807) is 24.3 Å². The summed E-state index contributed by atoms with van der Waals surface area (Å²) in [6.07, 6.45) is 0.866. The zero-order chi connectivity index (χ0) is 20.9. The predicted octanol–water partition coefficient (Wildman–Crippen LogP) is 2.34.